The molecule has 6 heteroatoms. The number of amidine groups is 1. The maximum atomic E-state index is 13.2. The lowest BCUT2D eigenvalue weighted by Gasteiger charge is -2.11. The summed E-state index contributed by atoms with van der Waals surface area (Å²) in [6, 6.07) is 8.99. The van der Waals surface area contributed by atoms with E-state index < -0.39 is 11.6 Å². The van der Waals surface area contributed by atoms with Gasteiger partial charge in [-0.1, -0.05) is 29.1 Å². The Hall–Kier alpha value is -2.08. The maximum Gasteiger partial charge on any atom is 0.171 e. The van der Waals surface area contributed by atoms with Crippen LogP contribution < -0.4 is 5.73 Å². The SMILES string of the molecule is Cc1cccc(/C(N)=N/O)c1Sc1ccc(F)c(F)c1. The summed E-state index contributed by atoms with van der Waals surface area (Å²) in [7, 11) is 0. The fourth-order valence-electron chi connectivity index (χ4n) is 1.70. The van der Waals surface area contributed by atoms with Gasteiger partial charge in [-0.2, -0.15) is 0 Å². The molecule has 0 aliphatic carbocycles. The van der Waals surface area contributed by atoms with Gasteiger partial charge in [0, 0.05) is 15.4 Å². The topological polar surface area (TPSA) is 58.6 Å². The summed E-state index contributed by atoms with van der Waals surface area (Å²) in [6.07, 6.45) is 0. The predicted octanol–water partition coefficient (Wildman–Crippen LogP) is 3.52. The number of nitrogens with two attached hydrogens (primary N) is 1. The van der Waals surface area contributed by atoms with Crippen LogP contribution in [0.15, 0.2) is 51.3 Å². The molecule has 0 atom stereocenters. The minimum absolute atomic E-state index is 0.0289. The molecule has 0 amide bonds. The standard InChI is InChI=1S/C14H12F2N2OS/c1-8-3-2-4-10(14(17)18-19)13(8)20-9-5-6-11(15)12(16)7-9/h2-7,19H,1H3,(H2,17,18). The molecule has 104 valence electrons. The van der Waals surface area contributed by atoms with Crippen LogP contribution in [0.1, 0.15) is 11.1 Å². The average Bonchev–Trinajstić information content (AvgIpc) is 2.44. The Morgan fingerprint density at radius 3 is 2.60 bits per heavy atom. The van der Waals surface area contributed by atoms with Gasteiger partial charge >= 0.3 is 0 Å². The van der Waals surface area contributed by atoms with Gasteiger partial charge in [0.05, 0.1) is 0 Å². The first kappa shape index (κ1) is 14.3. The van der Waals surface area contributed by atoms with E-state index in [1.807, 2.05) is 13.0 Å². The van der Waals surface area contributed by atoms with Crippen molar-refractivity contribution in [3.8, 4) is 0 Å². The smallest absolute Gasteiger partial charge is 0.171 e. The number of hydrogen-bond acceptors (Lipinski definition) is 3. The van der Waals surface area contributed by atoms with Gasteiger partial charge in [-0.3, -0.25) is 0 Å². The lowest BCUT2D eigenvalue weighted by atomic mass is 10.1. The van der Waals surface area contributed by atoms with Crippen LogP contribution in [0.3, 0.4) is 0 Å². The Balaban J connectivity index is 2.45. The second-order valence-electron chi connectivity index (χ2n) is 4.11. The molecule has 0 aromatic heterocycles. The Labute approximate surface area is 119 Å². The number of oxime groups is 1. The first-order valence-electron chi connectivity index (χ1n) is 5.73. The largest absolute Gasteiger partial charge is 0.409 e. The minimum atomic E-state index is -0.908. The molecule has 20 heavy (non-hydrogen) atoms. The number of nitrogens with zero attached hydrogens (tertiary/aromatic N) is 1. The molecule has 3 N–H and O–H groups in total. The normalized spacial score (nSPS) is 11.7. The van der Waals surface area contributed by atoms with Crippen molar-refractivity contribution in [2.45, 2.75) is 16.7 Å². The van der Waals surface area contributed by atoms with E-state index in [2.05, 4.69) is 5.16 Å². The van der Waals surface area contributed by atoms with Gasteiger partial charge in [0.15, 0.2) is 17.5 Å². The van der Waals surface area contributed by atoms with E-state index in [1.165, 1.54) is 17.8 Å². The van der Waals surface area contributed by atoms with E-state index in [1.54, 1.807) is 12.1 Å². The quantitative estimate of drug-likeness (QED) is 0.394. The average molecular weight is 294 g/mol. The van der Waals surface area contributed by atoms with Gasteiger partial charge in [0.25, 0.3) is 0 Å². The van der Waals surface area contributed by atoms with E-state index in [9.17, 15) is 8.78 Å². The van der Waals surface area contributed by atoms with E-state index in [0.717, 1.165) is 22.6 Å². The van der Waals surface area contributed by atoms with Crippen molar-refractivity contribution >= 4 is 17.6 Å². The highest BCUT2D eigenvalue weighted by molar-refractivity contribution is 7.99. The number of benzene rings is 2. The van der Waals surface area contributed by atoms with Gasteiger partial charge < -0.3 is 10.9 Å². The van der Waals surface area contributed by atoms with E-state index >= 15 is 0 Å². The Morgan fingerprint density at radius 2 is 1.95 bits per heavy atom. The summed E-state index contributed by atoms with van der Waals surface area (Å²) in [5.74, 6) is -1.83. The third-order valence-corrected chi connectivity index (χ3v) is 3.94. The molecule has 0 fully saturated rings. The zero-order valence-corrected chi connectivity index (χ0v) is 11.4. The van der Waals surface area contributed by atoms with Crippen LogP contribution in [0.4, 0.5) is 8.78 Å². The van der Waals surface area contributed by atoms with Crippen molar-refractivity contribution in [1.29, 1.82) is 0 Å². The summed E-state index contributed by atoms with van der Waals surface area (Å²) in [5.41, 5.74) is 7.06. The molecule has 0 saturated carbocycles. The molecule has 2 aromatic rings. The van der Waals surface area contributed by atoms with Gasteiger partial charge in [0.1, 0.15) is 0 Å². The van der Waals surface area contributed by atoms with E-state index in [4.69, 9.17) is 10.9 Å². The third-order valence-electron chi connectivity index (χ3n) is 2.71. The first-order chi connectivity index (χ1) is 9.52. The molecule has 0 aliphatic heterocycles. The highest BCUT2D eigenvalue weighted by Crippen LogP contribution is 2.33. The Morgan fingerprint density at radius 1 is 1.20 bits per heavy atom. The first-order valence-corrected chi connectivity index (χ1v) is 6.55. The number of rotatable bonds is 3. The summed E-state index contributed by atoms with van der Waals surface area (Å²) in [5, 5.41) is 11.8. The molecule has 2 rings (SSSR count). The van der Waals surface area contributed by atoms with Crippen molar-refractivity contribution < 1.29 is 14.0 Å². The number of halogens is 2. The fourth-order valence-corrected chi connectivity index (χ4v) is 2.75. The Kier molecular flexibility index (Phi) is 4.24. The third kappa shape index (κ3) is 2.91. The molecule has 0 radical (unpaired) electrons. The zero-order chi connectivity index (χ0) is 14.7. The number of aryl methyl sites for hydroxylation is 1. The fraction of sp³-hybridized carbons (Fsp3) is 0.0714. The van der Waals surface area contributed by atoms with Crippen LogP contribution in [-0.4, -0.2) is 11.0 Å². The summed E-state index contributed by atoms with van der Waals surface area (Å²) < 4.78 is 26.2. The molecule has 0 heterocycles. The highest BCUT2D eigenvalue weighted by Gasteiger charge is 2.12. The second kappa shape index (κ2) is 5.92. The minimum Gasteiger partial charge on any atom is -0.409 e. The molecular weight excluding hydrogens is 282 g/mol. The van der Waals surface area contributed by atoms with Crippen LogP contribution >= 0.6 is 11.8 Å². The molecule has 2 aromatic carbocycles. The van der Waals surface area contributed by atoms with Gasteiger partial charge in [-0.05, 0) is 36.8 Å². The highest BCUT2D eigenvalue weighted by atomic mass is 32.2. The van der Waals surface area contributed by atoms with Crippen LogP contribution in [0.25, 0.3) is 0 Å². The summed E-state index contributed by atoms with van der Waals surface area (Å²) in [6.45, 7) is 1.86. The van der Waals surface area contributed by atoms with Crippen molar-refractivity contribution in [3.63, 3.8) is 0 Å². The predicted molar refractivity (Wildman–Crippen MR) is 74.2 cm³/mol. The summed E-state index contributed by atoms with van der Waals surface area (Å²) in [4.78, 5) is 1.26. The summed E-state index contributed by atoms with van der Waals surface area (Å²) >= 11 is 1.23. The lowest BCUT2D eigenvalue weighted by Crippen LogP contribution is -2.14. The molecule has 0 spiro atoms. The lowest BCUT2D eigenvalue weighted by molar-refractivity contribution is 0.318. The Bertz CT molecular complexity index is 674. The van der Waals surface area contributed by atoms with E-state index in [-0.39, 0.29) is 5.84 Å². The van der Waals surface area contributed by atoms with Crippen LogP contribution in [0.2, 0.25) is 0 Å². The van der Waals surface area contributed by atoms with E-state index in [0.29, 0.717) is 10.5 Å². The van der Waals surface area contributed by atoms with Gasteiger partial charge in [-0.15, -0.1) is 0 Å². The molecule has 3 nitrogen and oxygen atoms in total. The zero-order valence-electron chi connectivity index (χ0n) is 10.6. The van der Waals surface area contributed by atoms with Crippen molar-refractivity contribution in [1.82, 2.24) is 0 Å². The van der Waals surface area contributed by atoms with Crippen LogP contribution in [0, 0.1) is 18.6 Å². The van der Waals surface area contributed by atoms with Crippen LogP contribution in [-0.2, 0) is 0 Å². The van der Waals surface area contributed by atoms with Crippen molar-refractivity contribution in [2.75, 3.05) is 0 Å². The molecule has 0 unspecified atom stereocenters. The second-order valence-corrected chi connectivity index (χ2v) is 5.20. The van der Waals surface area contributed by atoms with Gasteiger partial charge in [0.2, 0.25) is 0 Å². The molecule has 0 aliphatic rings. The molecular formula is C14H12F2N2OS. The monoisotopic (exact) mass is 294 g/mol. The number of hydrogen-bond donors (Lipinski definition) is 2. The van der Waals surface area contributed by atoms with Crippen molar-refractivity contribution in [2.24, 2.45) is 10.9 Å². The van der Waals surface area contributed by atoms with Crippen molar-refractivity contribution in [3.05, 3.63) is 59.2 Å². The van der Waals surface area contributed by atoms with Gasteiger partial charge in [-0.25, -0.2) is 8.78 Å². The van der Waals surface area contributed by atoms with Crippen LogP contribution in [0.5, 0.6) is 0 Å². The molecule has 0 saturated heterocycles. The molecule has 0 bridgehead atoms. The maximum absolute atomic E-state index is 13.2.